The SMILES string of the molecule is CSc1nc(C)c(CCC(=O)NNC(=O)c2ccc(COc3ccc(Cl)cc3)cc2)c(C)n1. The molecule has 0 saturated carbocycles. The number of aryl methyl sites for hydroxylation is 2. The standard InChI is InChI=1S/C24H25ClN4O3S/c1-15-21(16(2)27-24(26-15)33-3)12-13-22(30)28-29-23(31)18-6-4-17(5-7-18)14-32-20-10-8-19(25)9-11-20/h4-11H,12-14H2,1-3H3,(H,28,30)(H,29,31). The second-order valence-corrected chi connectivity index (χ2v) is 8.51. The van der Waals surface area contributed by atoms with Crippen LogP contribution in [0.1, 0.15) is 39.3 Å². The summed E-state index contributed by atoms with van der Waals surface area (Å²) >= 11 is 7.35. The summed E-state index contributed by atoms with van der Waals surface area (Å²) in [5, 5.41) is 1.36. The Morgan fingerprint density at radius 3 is 2.21 bits per heavy atom. The second kappa shape index (κ2) is 11.7. The van der Waals surface area contributed by atoms with Crippen LogP contribution in [-0.2, 0) is 17.8 Å². The highest BCUT2D eigenvalue weighted by Crippen LogP contribution is 2.18. The van der Waals surface area contributed by atoms with E-state index in [0.717, 1.165) is 22.5 Å². The number of aromatic nitrogens is 2. The first-order valence-electron chi connectivity index (χ1n) is 10.3. The van der Waals surface area contributed by atoms with Crippen molar-refractivity contribution in [2.24, 2.45) is 0 Å². The van der Waals surface area contributed by atoms with Crippen LogP contribution in [0.15, 0.2) is 53.7 Å². The van der Waals surface area contributed by atoms with Crippen molar-refractivity contribution in [3.05, 3.63) is 81.6 Å². The molecule has 0 aliphatic carbocycles. The van der Waals surface area contributed by atoms with E-state index in [4.69, 9.17) is 16.3 Å². The van der Waals surface area contributed by atoms with Gasteiger partial charge in [0.15, 0.2) is 5.16 Å². The quantitative estimate of drug-likeness (QED) is 0.279. The van der Waals surface area contributed by atoms with E-state index in [1.165, 1.54) is 11.8 Å². The van der Waals surface area contributed by atoms with Crippen LogP contribution in [0.25, 0.3) is 0 Å². The number of ether oxygens (including phenoxy) is 1. The van der Waals surface area contributed by atoms with Gasteiger partial charge in [0.2, 0.25) is 5.91 Å². The molecule has 2 amide bonds. The summed E-state index contributed by atoms with van der Waals surface area (Å²) < 4.78 is 5.69. The van der Waals surface area contributed by atoms with Crippen molar-refractivity contribution in [2.45, 2.75) is 38.5 Å². The van der Waals surface area contributed by atoms with E-state index < -0.39 is 5.91 Å². The minimum Gasteiger partial charge on any atom is -0.489 e. The highest BCUT2D eigenvalue weighted by atomic mass is 35.5. The van der Waals surface area contributed by atoms with Gasteiger partial charge in [0, 0.05) is 28.4 Å². The van der Waals surface area contributed by atoms with Crippen LogP contribution in [0, 0.1) is 13.8 Å². The number of halogens is 1. The molecule has 0 radical (unpaired) electrons. The van der Waals surface area contributed by atoms with Gasteiger partial charge in [-0.15, -0.1) is 0 Å². The van der Waals surface area contributed by atoms with Gasteiger partial charge in [-0.3, -0.25) is 20.4 Å². The van der Waals surface area contributed by atoms with Crippen LogP contribution in [0.2, 0.25) is 5.02 Å². The Morgan fingerprint density at radius 2 is 1.61 bits per heavy atom. The zero-order valence-electron chi connectivity index (χ0n) is 18.6. The molecule has 0 atom stereocenters. The lowest BCUT2D eigenvalue weighted by Crippen LogP contribution is -2.41. The summed E-state index contributed by atoms with van der Waals surface area (Å²) in [5.41, 5.74) is 8.92. The maximum absolute atomic E-state index is 12.3. The first-order chi connectivity index (χ1) is 15.9. The van der Waals surface area contributed by atoms with Crippen molar-refractivity contribution in [3.8, 4) is 5.75 Å². The molecule has 33 heavy (non-hydrogen) atoms. The molecule has 2 N–H and O–H groups in total. The first-order valence-corrected chi connectivity index (χ1v) is 11.9. The van der Waals surface area contributed by atoms with Gasteiger partial charge in [-0.1, -0.05) is 35.5 Å². The first kappa shape index (κ1) is 24.5. The minimum absolute atomic E-state index is 0.213. The number of hydrazine groups is 1. The van der Waals surface area contributed by atoms with Crippen LogP contribution >= 0.6 is 23.4 Å². The van der Waals surface area contributed by atoms with Gasteiger partial charge >= 0.3 is 0 Å². The summed E-state index contributed by atoms with van der Waals surface area (Å²) in [5.74, 6) is 0.0266. The number of benzene rings is 2. The summed E-state index contributed by atoms with van der Waals surface area (Å²) in [4.78, 5) is 33.4. The molecular weight excluding hydrogens is 460 g/mol. The molecule has 172 valence electrons. The Kier molecular flexibility index (Phi) is 8.68. The molecular formula is C24H25ClN4O3S. The van der Waals surface area contributed by atoms with Crippen molar-refractivity contribution in [1.82, 2.24) is 20.8 Å². The predicted molar refractivity (Wildman–Crippen MR) is 129 cm³/mol. The molecule has 3 rings (SSSR count). The van der Waals surface area contributed by atoms with Gasteiger partial charge in [-0.25, -0.2) is 9.97 Å². The molecule has 0 spiro atoms. The van der Waals surface area contributed by atoms with Gasteiger partial charge < -0.3 is 4.74 Å². The molecule has 0 bridgehead atoms. The normalized spacial score (nSPS) is 10.5. The van der Waals surface area contributed by atoms with Crippen LogP contribution < -0.4 is 15.6 Å². The number of hydrogen-bond acceptors (Lipinski definition) is 6. The molecule has 9 heteroatoms. The molecule has 2 aromatic carbocycles. The van der Waals surface area contributed by atoms with Crippen molar-refractivity contribution < 1.29 is 14.3 Å². The summed E-state index contributed by atoms with van der Waals surface area (Å²) in [6.07, 6.45) is 2.63. The fraction of sp³-hybridized carbons (Fsp3) is 0.250. The van der Waals surface area contributed by atoms with Crippen molar-refractivity contribution in [1.29, 1.82) is 0 Å². The van der Waals surface area contributed by atoms with Gasteiger partial charge in [-0.2, -0.15) is 0 Å². The largest absolute Gasteiger partial charge is 0.489 e. The molecule has 0 aliphatic heterocycles. The number of thioether (sulfide) groups is 1. The van der Waals surface area contributed by atoms with E-state index in [9.17, 15) is 9.59 Å². The number of nitrogens with zero attached hydrogens (tertiary/aromatic N) is 2. The Labute approximate surface area is 202 Å². The van der Waals surface area contributed by atoms with Gasteiger partial charge in [-0.05, 0) is 74.0 Å². The number of carbonyl (C=O) groups excluding carboxylic acids is 2. The Bertz CT molecular complexity index is 1100. The Balaban J connectivity index is 1.45. The number of rotatable bonds is 8. The monoisotopic (exact) mass is 484 g/mol. The van der Waals surface area contributed by atoms with E-state index in [1.807, 2.05) is 20.1 Å². The number of hydrogen-bond donors (Lipinski definition) is 2. The molecule has 0 aliphatic rings. The van der Waals surface area contributed by atoms with Crippen LogP contribution in [0.4, 0.5) is 0 Å². The zero-order chi connectivity index (χ0) is 23.8. The average Bonchev–Trinajstić information content (AvgIpc) is 2.81. The summed E-state index contributed by atoms with van der Waals surface area (Å²) in [6, 6.07) is 14.1. The van der Waals surface area contributed by atoms with Gasteiger partial charge in [0.05, 0.1) is 0 Å². The van der Waals surface area contributed by atoms with Crippen molar-refractivity contribution >= 4 is 35.2 Å². The molecule has 0 unspecified atom stereocenters. The lowest BCUT2D eigenvalue weighted by Gasteiger charge is -2.11. The van der Waals surface area contributed by atoms with E-state index in [2.05, 4.69) is 20.8 Å². The van der Waals surface area contributed by atoms with Crippen LogP contribution in [0.5, 0.6) is 5.75 Å². The number of nitrogens with one attached hydrogen (secondary N) is 2. The minimum atomic E-state index is -0.395. The Hall–Kier alpha value is -3.10. The third-order valence-electron chi connectivity index (χ3n) is 4.94. The lowest BCUT2D eigenvalue weighted by molar-refractivity contribution is -0.121. The number of carbonyl (C=O) groups is 2. The lowest BCUT2D eigenvalue weighted by atomic mass is 10.1. The topological polar surface area (TPSA) is 93.2 Å². The fourth-order valence-corrected chi connectivity index (χ4v) is 3.69. The zero-order valence-corrected chi connectivity index (χ0v) is 20.2. The Morgan fingerprint density at radius 1 is 0.970 bits per heavy atom. The van der Waals surface area contributed by atoms with Crippen molar-refractivity contribution in [2.75, 3.05) is 6.26 Å². The summed E-state index contributed by atoms with van der Waals surface area (Å²) in [7, 11) is 0. The van der Waals surface area contributed by atoms with E-state index in [1.54, 1.807) is 48.5 Å². The predicted octanol–water partition coefficient (Wildman–Crippen LogP) is 4.44. The van der Waals surface area contributed by atoms with Crippen LogP contribution in [0.3, 0.4) is 0 Å². The summed E-state index contributed by atoms with van der Waals surface area (Å²) in [6.45, 7) is 4.18. The van der Waals surface area contributed by atoms with Gasteiger partial charge in [0.25, 0.3) is 5.91 Å². The fourth-order valence-electron chi connectivity index (χ4n) is 3.11. The maximum Gasteiger partial charge on any atom is 0.269 e. The highest BCUT2D eigenvalue weighted by Gasteiger charge is 2.12. The molecule has 1 heterocycles. The average molecular weight is 485 g/mol. The van der Waals surface area contributed by atoms with Crippen LogP contribution in [-0.4, -0.2) is 28.0 Å². The van der Waals surface area contributed by atoms with E-state index >= 15 is 0 Å². The maximum atomic E-state index is 12.3. The highest BCUT2D eigenvalue weighted by molar-refractivity contribution is 7.98. The molecule has 0 saturated heterocycles. The molecule has 3 aromatic rings. The van der Waals surface area contributed by atoms with Gasteiger partial charge in [0.1, 0.15) is 12.4 Å². The van der Waals surface area contributed by atoms with E-state index in [-0.39, 0.29) is 12.3 Å². The second-order valence-electron chi connectivity index (χ2n) is 7.30. The van der Waals surface area contributed by atoms with Crippen molar-refractivity contribution in [3.63, 3.8) is 0 Å². The molecule has 0 fully saturated rings. The molecule has 7 nitrogen and oxygen atoms in total. The third-order valence-corrected chi connectivity index (χ3v) is 5.74. The molecule has 1 aromatic heterocycles. The van der Waals surface area contributed by atoms with E-state index in [0.29, 0.717) is 34.5 Å². The third kappa shape index (κ3) is 7.20. The number of amides is 2. The smallest absolute Gasteiger partial charge is 0.269 e.